The van der Waals surface area contributed by atoms with Crippen molar-refractivity contribution in [2.24, 2.45) is 5.92 Å². The van der Waals surface area contributed by atoms with E-state index >= 15 is 0 Å². The Balaban J connectivity index is 1.99. The Morgan fingerprint density at radius 2 is 1.67 bits per heavy atom. The molecule has 0 saturated carbocycles. The Labute approximate surface area is 158 Å². The van der Waals surface area contributed by atoms with Gasteiger partial charge in [-0.25, -0.2) is 22.4 Å². The van der Waals surface area contributed by atoms with Gasteiger partial charge in [0.15, 0.2) is 0 Å². The van der Waals surface area contributed by atoms with Gasteiger partial charge in [-0.2, -0.15) is 4.31 Å². The third kappa shape index (κ3) is 4.95. The normalized spacial score (nSPS) is 16.9. The van der Waals surface area contributed by atoms with Gasteiger partial charge < -0.3 is 15.0 Å². The van der Waals surface area contributed by atoms with E-state index in [0.29, 0.717) is 0 Å². The van der Waals surface area contributed by atoms with Crippen LogP contribution in [0, 0.1) is 11.7 Å². The number of halogens is 1. The number of benzene rings is 1. The van der Waals surface area contributed by atoms with Gasteiger partial charge in [-0.3, -0.25) is 0 Å². The van der Waals surface area contributed by atoms with Crippen molar-refractivity contribution in [2.45, 2.75) is 24.8 Å². The van der Waals surface area contributed by atoms with Crippen molar-refractivity contribution in [2.75, 3.05) is 33.3 Å². The number of esters is 1. The number of rotatable bonds is 5. The molecule has 0 spiro atoms. The molecule has 2 amide bonds. The quantitative estimate of drug-likeness (QED) is 0.744. The lowest BCUT2D eigenvalue weighted by atomic mass is 10.1. The van der Waals surface area contributed by atoms with Crippen molar-refractivity contribution in [3.05, 3.63) is 30.1 Å². The molecule has 0 aromatic heterocycles. The van der Waals surface area contributed by atoms with Crippen LogP contribution in [0.5, 0.6) is 0 Å². The lowest BCUT2D eigenvalue weighted by molar-refractivity contribution is -0.144. The van der Waals surface area contributed by atoms with Gasteiger partial charge in [0.2, 0.25) is 10.0 Å². The van der Waals surface area contributed by atoms with Gasteiger partial charge in [0, 0.05) is 26.2 Å². The van der Waals surface area contributed by atoms with Crippen molar-refractivity contribution in [1.29, 1.82) is 0 Å². The van der Waals surface area contributed by atoms with Crippen LogP contribution >= 0.6 is 0 Å². The number of hydrogen-bond donors (Lipinski definition) is 1. The smallest absolute Gasteiger partial charge is 0.328 e. The molecule has 0 aliphatic carbocycles. The summed E-state index contributed by atoms with van der Waals surface area (Å²) in [5, 5.41) is 2.63. The molecule has 150 valence electrons. The zero-order valence-corrected chi connectivity index (χ0v) is 16.3. The minimum Gasteiger partial charge on any atom is -0.467 e. The van der Waals surface area contributed by atoms with Crippen LogP contribution in [0.3, 0.4) is 0 Å². The molecular weight excluding hydrogens is 377 g/mol. The number of methoxy groups -OCH3 is 1. The SMILES string of the molecule is COC(=O)C(NC(=O)N1CCN(S(=O)(=O)c2ccc(F)cc2)CC1)C(C)C. The summed E-state index contributed by atoms with van der Waals surface area (Å²) in [5.74, 6) is -1.20. The maximum Gasteiger partial charge on any atom is 0.328 e. The summed E-state index contributed by atoms with van der Waals surface area (Å²) in [6.07, 6.45) is 0. The summed E-state index contributed by atoms with van der Waals surface area (Å²) in [4.78, 5) is 25.6. The second kappa shape index (κ2) is 8.66. The first-order valence-corrected chi connectivity index (χ1v) is 9.99. The van der Waals surface area contributed by atoms with Crippen LogP contribution in [0.2, 0.25) is 0 Å². The topological polar surface area (TPSA) is 96.0 Å². The molecular formula is C17H24FN3O5S. The minimum atomic E-state index is -3.75. The van der Waals surface area contributed by atoms with Crippen molar-refractivity contribution < 1.29 is 27.1 Å². The van der Waals surface area contributed by atoms with Crippen molar-refractivity contribution in [3.63, 3.8) is 0 Å². The number of sulfonamides is 1. The molecule has 1 aliphatic heterocycles. The van der Waals surface area contributed by atoms with E-state index in [2.05, 4.69) is 5.32 Å². The maximum atomic E-state index is 13.0. The second-order valence-corrected chi connectivity index (χ2v) is 8.48. The number of amides is 2. The summed E-state index contributed by atoms with van der Waals surface area (Å²) in [5.41, 5.74) is 0. The number of hydrogen-bond acceptors (Lipinski definition) is 5. The molecule has 27 heavy (non-hydrogen) atoms. The number of urea groups is 1. The average molecular weight is 401 g/mol. The van der Waals surface area contributed by atoms with Crippen LogP contribution in [0.4, 0.5) is 9.18 Å². The molecule has 1 atom stereocenters. The van der Waals surface area contributed by atoms with Gasteiger partial charge in [0.25, 0.3) is 0 Å². The molecule has 0 radical (unpaired) electrons. The highest BCUT2D eigenvalue weighted by atomic mass is 32.2. The van der Waals surface area contributed by atoms with Gasteiger partial charge in [-0.15, -0.1) is 0 Å². The fourth-order valence-electron chi connectivity index (χ4n) is 2.74. The van der Waals surface area contributed by atoms with Crippen molar-refractivity contribution in [1.82, 2.24) is 14.5 Å². The van der Waals surface area contributed by atoms with Crippen LogP contribution in [0.15, 0.2) is 29.2 Å². The Kier molecular flexibility index (Phi) is 6.77. The number of piperazine rings is 1. The lowest BCUT2D eigenvalue weighted by Crippen LogP contribution is -2.56. The largest absolute Gasteiger partial charge is 0.467 e. The van der Waals surface area contributed by atoms with E-state index in [1.165, 1.54) is 28.4 Å². The Bertz CT molecular complexity index is 774. The Morgan fingerprint density at radius 3 is 2.15 bits per heavy atom. The lowest BCUT2D eigenvalue weighted by Gasteiger charge is -2.35. The molecule has 0 bridgehead atoms. The fourth-order valence-corrected chi connectivity index (χ4v) is 4.16. The molecule has 1 aliphatic rings. The van der Waals surface area contributed by atoms with E-state index in [1.54, 1.807) is 13.8 Å². The number of nitrogens with zero attached hydrogens (tertiary/aromatic N) is 2. The molecule has 2 rings (SSSR count). The molecule has 8 nitrogen and oxygen atoms in total. The second-order valence-electron chi connectivity index (χ2n) is 6.54. The van der Waals surface area contributed by atoms with Crippen molar-refractivity contribution >= 4 is 22.0 Å². The van der Waals surface area contributed by atoms with E-state index in [-0.39, 0.29) is 37.0 Å². The van der Waals surface area contributed by atoms with E-state index in [0.717, 1.165) is 12.1 Å². The van der Waals surface area contributed by atoms with E-state index in [4.69, 9.17) is 4.74 Å². The van der Waals surface area contributed by atoms with Crippen LogP contribution in [0.1, 0.15) is 13.8 Å². The standard InChI is InChI=1S/C17H24FN3O5S/c1-12(2)15(16(22)26-3)19-17(23)20-8-10-21(11-9-20)27(24,25)14-6-4-13(18)5-7-14/h4-7,12,15H,8-11H2,1-3H3,(H,19,23). The maximum absolute atomic E-state index is 13.0. The summed E-state index contributed by atoms with van der Waals surface area (Å²) in [7, 11) is -2.49. The van der Waals surface area contributed by atoms with E-state index in [9.17, 15) is 22.4 Å². The fraction of sp³-hybridized carbons (Fsp3) is 0.529. The molecule has 1 saturated heterocycles. The number of carbonyl (C=O) groups is 2. The first kappa shape index (κ1) is 21.1. The van der Waals surface area contributed by atoms with Gasteiger partial charge in [0.1, 0.15) is 11.9 Å². The highest BCUT2D eigenvalue weighted by Gasteiger charge is 2.32. The van der Waals surface area contributed by atoms with Gasteiger partial charge in [0.05, 0.1) is 12.0 Å². The molecule has 1 unspecified atom stereocenters. The highest BCUT2D eigenvalue weighted by molar-refractivity contribution is 7.89. The number of nitrogens with one attached hydrogen (secondary N) is 1. The Hall–Kier alpha value is -2.20. The average Bonchev–Trinajstić information content (AvgIpc) is 2.65. The molecule has 1 N–H and O–H groups in total. The van der Waals surface area contributed by atoms with Gasteiger partial charge in [-0.1, -0.05) is 13.8 Å². The van der Waals surface area contributed by atoms with E-state index < -0.39 is 33.9 Å². The van der Waals surface area contributed by atoms with Crippen LogP contribution in [-0.2, 0) is 19.6 Å². The zero-order valence-electron chi connectivity index (χ0n) is 15.5. The minimum absolute atomic E-state index is 0.00682. The summed E-state index contributed by atoms with van der Waals surface area (Å²) in [6, 6.07) is 3.40. The first-order valence-electron chi connectivity index (χ1n) is 8.55. The van der Waals surface area contributed by atoms with Crippen LogP contribution in [-0.4, -0.2) is 69.0 Å². The molecule has 1 fully saturated rings. The summed E-state index contributed by atoms with van der Waals surface area (Å²) < 4.78 is 44.1. The van der Waals surface area contributed by atoms with Gasteiger partial charge in [-0.05, 0) is 30.2 Å². The van der Waals surface area contributed by atoms with Gasteiger partial charge >= 0.3 is 12.0 Å². The molecule has 10 heteroatoms. The number of carbonyl (C=O) groups excluding carboxylic acids is 2. The predicted molar refractivity (Wildman–Crippen MR) is 95.9 cm³/mol. The predicted octanol–water partition coefficient (Wildman–Crippen LogP) is 1.04. The third-order valence-corrected chi connectivity index (χ3v) is 6.29. The van der Waals surface area contributed by atoms with E-state index in [1.807, 2.05) is 0 Å². The van der Waals surface area contributed by atoms with Crippen LogP contribution < -0.4 is 5.32 Å². The third-order valence-electron chi connectivity index (χ3n) is 4.38. The van der Waals surface area contributed by atoms with Crippen LogP contribution in [0.25, 0.3) is 0 Å². The first-order chi connectivity index (χ1) is 12.7. The van der Waals surface area contributed by atoms with Crippen molar-refractivity contribution in [3.8, 4) is 0 Å². The molecule has 1 aromatic carbocycles. The molecule has 1 aromatic rings. The summed E-state index contributed by atoms with van der Waals surface area (Å²) in [6.45, 7) is 4.15. The number of ether oxygens (including phenoxy) is 1. The summed E-state index contributed by atoms with van der Waals surface area (Å²) >= 11 is 0. The monoisotopic (exact) mass is 401 g/mol. The Morgan fingerprint density at radius 1 is 1.11 bits per heavy atom. The zero-order chi connectivity index (χ0) is 20.2. The highest BCUT2D eigenvalue weighted by Crippen LogP contribution is 2.18. The molecule has 1 heterocycles.